The average molecular weight is 267 g/mol. The molecular formula is C17H17NS. The van der Waals surface area contributed by atoms with Crippen LogP contribution in [-0.2, 0) is 11.8 Å². The van der Waals surface area contributed by atoms with E-state index in [1.54, 1.807) is 11.3 Å². The van der Waals surface area contributed by atoms with E-state index < -0.39 is 5.41 Å². The molecule has 1 heterocycles. The van der Waals surface area contributed by atoms with Gasteiger partial charge in [0.2, 0.25) is 0 Å². The first-order chi connectivity index (χ1) is 9.21. The molecule has 0 amide bonds. The second-order valence-electron chi connectivity index (χ2n) is 5.60. The Balaban J connectivity index is 1.86. The van der Waals surface area contributed by atoms with Crippen molar-refractivity contribution in [3.63, 3.8) is 0 Å². The first-order valence-electron chi connectivity index (χ1n) is 6.75. The topological polar surface area (TPSA) is 23.8 Å². The summed E-state index contributed by atoms with van der Waals surface area (Å²) in [5.74, 6) is 0.777. The third-order valence-electron chi connectivity index (χ3n) is 3.95. The molecule has 1 aromatic carbocycles. The Hall–Kier alpha value is -1.59. The van der Waals surface area contributed by atoms with E-state index in [9.17, 15) is 5.26 Å². The molecular weight excluding hydrogens is 250 g/mol. The van der Waals surface area contributed by atoms with Crippen LogP contribution in [0.15, 0.2) is 41.8 Å². The molecule has 1 aromatic heterocycles. The van der Waals surface area contributed by atoms with E-state index in [2.05, 4.69) is 41.8 Å². The van der Waals surface area contributed by atoms with E-state index in [1.807, 2.05) is 13.0 Å². The third-order valence-corrected chi connectivity index (χ3v) is 4.83. The lowest BCUT2D eigenvalue weighted by molar-refractivity contribution is 0.612. The molecule has 0 saturated heterocycles. The van der Waals surface area contributed by atoms with E-state index in [4.69, 9.17) is 0 Å². The Morgan fingerprint density at radius 3 is 2.53 bits per heavy atom. The van der Waals surface area contributed by atoms with Crippen molar-refractivity contribution < 1.29 is 0 Å². The normalized spacial score (nSPS) is 17.7. The van der Waals surface area contributed by atoms with Gasteiger partial charge in [-0.3, -0.25) is 0 Å². The Bertz CT molecular complexity index is 587. The Morgan fingerprint density at radius 2 is 2.00 bits per heavy atom. The molecule has 1 aliphatic rings. The van der Waals surface area contributed by atoms with Gasteiger partial charge in [-0.05, 0) is 48.3 Å². The fourth-order valence-corrected chi connectivity index (χ4v) is 3.37. The summed E-state index contributed by atoms with van der Waals surface area (Å²) in [6.45, 7) is 2.04. The summed E-state index contributed by atoms with van der Waals surface area (Å²) in [4.78, 5) is 1.27. The van der Waals surface area contributed by atoms with Gasteiger partial charge >= 0.3 is 0 Å². The van der Waals surface area contributed by atoms with E-state index in [-0.39, 0.29) is 0 Å². The number of hydrogen-bond acceptors (Lipinski definition) is 2. The molecule has 0 radical (unpaired) electrons. The van der Waals surface area contributed by atoms with Crippen molar-refractivity contribution >= 4 is 11.3 Å². The summed E-state index contributed by atoms with van der Waals surface area (Å²) < 4.78 is 0. The van der Waals surface area contributed by atoms with Crippen LogP contribution in [-0.4, -0.2) is 0 Å². The molecule has 1 fully saturated rings. The van der Waals surface area contributed by atoms with Crippen LogP contribution in [0.5, 0.6) is 0 Å². The first-order valence-corrected chi connectivity index (χ1v) is 7.63. The van der Waals surface area contributed by atoms with Gasteiger partial charge in [-0.2, -0.15) is 5.26 Å². The maximum atomic E-state index is 9.58. The zero-order chi connectivity index (χ0) is 13.3. The number of nitriles is 1. The molecule has 0 N–H and O–H groups in total. The SMILES string of the molecule is CC(C#N)(Cc1cccs1)c1ccc(C2CC2)cc1. The Labute approximate surface area is 118 Å². The van der Waals surface area contributed by atoms with Gasteiger partial charge in [0.1, 0.15) is 0 Å². The van der Waals surface area contributed by atoms with Crippen LogP contribution < -0.4 is 0 Å². The third kappa shape index (κ3) is 2.57. The molecule has 0 bridgehead atoms. The van der Waals surface area contributed by atoms with Gasteiger partial charge in [-0.1, -0.05) is 30.3 Å². The van der Waals surface area contributed by atoms with Gasteiger partial charge in [0.05, 0.1) is 11.5 Å². The summed E-state index contributed by atoms with van der Waals surface area (Å²) >= 11 is 1.73. The molecule has 0 spiro atoms. The van der Waals surface area contributed by atoms with Crippen molar-refractivity contribution in [1.29, 1.82) is 5.26 Å². The van der Waals surface area contributed by atoms with Gasteiger partial charge < -0.3 is 0 Å². The number of benzene rings is 1. The lowest BCUT2D eigenvalue weighted by atomic mass is 9.80. The van der Waals surface area contributed by atoms with Gasteiger partial charge in [0, 0.05) is 11.3 Å². The summed E-state index contributed by atoms with van der Waals surface area (Å²) in [5.41, 5.74) is 2.14. The standard InChI is InChI=1S/C17H17NS/c1-17(12-18,11-16-3-2-10-19-16)15-8-6-14(7-9-15)13-4-5-13/h2-3,6-10,13H,4-5,11H2,1H3. The second-order valence-corrected chi connectivity index (χ2v) is 6.63. The minimum absolute atomic E-state index is 0.424. The summed E-state index contributed by atoms with van der Waals surface area (Å²) in [5, 5.41) is 11.7. The smallest absolute Gasteiger partial charge is 0.0842 e. The lowest BCUT2D eigenvalue weighted by Crippen LogP contribution is -2.22. The van der Waals surface area contributed by atoms with Gasteiger partial charge in [-0.25, -0.2) is 0 Å². The highest BCUT2D eigenvalue weighted by atomic mass is 32.1. The maximum Gasteiger partial charge on any atom is 0.0842 e. The fourth-order valence-electron chi connectivity index (χ4n) is 2.51. The largest absolute Gasteiger partial charge is 0.197 e. The van der Waals surface area contributed by atoms with Crippen LogP contribution in [0.4, 0.5) is 0 Å². The Morgan fingerprint density at radius 1 is 1.26 bits per heavy atom. The van der Waals surface area contributed by atoms with E-state index in [0.717, 1.165) is 17.9 Å². The molecule has 2 aromatic rings. The molecule has 1 unspecified atom stereocenters. The molecule has 1 aliphatic carbocycles. The highest BCUT2D eigenvalue weighted by molar-refractivity contribution is 7.09. The molecule has 19 heavy (non-hydrogen) atoms. The fraction of sp³-hybridized carbons (Fsp3) is 0.353. The predicted molar refractivity (Wildman–Crippen MR) is 79.4 cm³/mol. The maximum absolute atomic E-state index is 9.58. The van der Waals surface area contributed by atoms with Crippen LogP contribution in [0.3, 0.4) is 0 Å². The number of nitrogens with zero attached hydrogens (tertiary/aromatic N) is 1. The molecule has 1 nitrogen and oxygen atoms in total. The van der Waals surface area contributed by atoms with E-state index in [0.29, 0.717) is 0 Å². The van der Waals surface area contributed by atoms with Gasteiger partial charge in [0.25, 0.3) is 0 Å². The molecule has 2 heteroatoms. The highest BCUT2D eigenvalue weighted by Crippen LogP contribution is 2.40. The minimum Gasteiger partial charge on any atom is -0.197 e. The van der Waals surface area contributed by atoms with Crippen LogP contribution >= 0.6 is 11.3 Å². The number of rotatable bonds is 4. The molecule has 96 valence electrons. The number of thiophene rings is 1. The highest BCUT2D eigenvalue weighted by Gasteiger charge is 2.28. The molecule has 1 saturated carbocycles. The summed E-state index contributed by atoms with van der Waals surface area (Å²) in [7, 11) is 0. The summed E-state index contributed by atoms with van der Waals surface area (Å²) in [6.07, 6.45) is 3.44. The summed E-state index contributed by atoms with van der Waals surface area (Å²) in [6, 6.07) is 15.4. The predicted octanol–water partition coefficient (Wildman–Crippen LogP) is 4.65. The molecule has 1 atom stereocenters. The minimum atomic E-state index is -0.424. The van der Waals surface area contributed by atoms with E-state index >= 15 is 0 Å². The monoisotopic (exact) mass is 267 g/mol. The van der Waals surface area contributed by atoms with Crippen molar-refractivity contribution in [2.75, 3.05) is 0 Å². The van der Waals surface area contributed by atoms with Crippen molar-refractivity contribution in [1.82, 2.24) is 0 Å². The van der Waals surface area contributed by atoms with E-state index in [1.165, 1.54) is 23.3 Å². The van der Waals surface area contributed by atoms with Crippen LogP contribution in [0, 0.1) is 11.3 Å². The van der Waals surface area contributed by atoms with Crippen molar-refractivity contribution in [2.24, 2.45) is 0 Å². The quantitative estimate of drug-likeness (QED) is 0.791. The van der Waals surface area contributed by atoms with Crippen LogP contribution in [0.25, 0.3) is 0 Å². The Kier molecular flexibility index (Phi) is 3.16. The van der Waals surface area contributed by atoms with Crippen LogP contribution in [0.1, 0.15) is 41.7 Å². The van der Waals surface area contributed by atoms with Gasteiger partial charge in [0.15, 0.2) is 0 Å². The molecule has 0 aliphatic heterocycles. The zero-order valence-corrected chi connectivity index (χ0v) is 11.9. The second kappa shape index (κ2) is 4.83. The first kappa shape index (κ1) is 12.4. The molecule has 3 rings (SSSR count). The average Bonchev–Trinajstić information content (AvgIpc) is 3.18. The zero-order valence-electron chi connectivity index (χ0n) is 11.1. The number of hydrogen-bond donors (Lipinski definition) is 0. The lowest BCUT2D eigenvalue weighted by Gasteiger charge is -2.21. The van der Waals surface area contributed by atoms with Crippen molar-refractivity contribution in [3.8, 4) is 6.07 Å². The van der Waals surface area contributed by atoms with Crippen molar-refractivity contribution in [3.05, 3.63) is 57.8 Å². The van der Waals surface area contributed by atoms with Gasteiger partial charge in [-0.15, -0.1) is 11.3 Å². The van der Waals surface area contributed by atoms with Crippen molar-refractivity contribution in [2.45, 2.75) is 37.5 Å². The van der Waals surface area contributed by atoms with Crippen LogP contribution in [0.2, 0.25) is 0 Å².